The van der Waals surface area contributed by atoms with E-state index in [-0.39, 0.29) is 23.4 Å². The van der Waals surface area contributed by atoms with Crippen LogP contribution in [0.15, 0.2) is 12.1 Å². The Morgan fingerprint density at radius 2 is 1.95 bits per heavy atom. The molecule has 0 aliphatic carbocycles. The molecule has 0 heterocycles. The molecular weight excluding hydrogens is 277 g/mol. The summed E-state index contributed by atoms with van der Waals surface area (Å²) in [6, 6.07) is 2.01. The average Bonchev–Trinajstić information content (AvgIpc) is 2.44. The van der Waals surface area contributed by atoms with Gasteiger partial charge in [-0.25, -0.2) is 9.18 Å². The number of carbonyl (C=O) groups excluding carboxylic acids is 1. The summed E-state index contributed by atoms with van der Waals surface area (Å²) in [6.45, 7) is 3.68. The zero-order valence-corrected chi connectivity index (χ0v) is 12.4. The van der Waals surface area contributed by atoms with Crippen LogP contribution >= 0.6 is 0 Å². The molecule has 0 N–H and O–H groups in total. The summed E-state index contributed by atoms with van der Waals surface area (Å²) in [4.78, 5) is 21.9. The van der Waals surface area contributed by atoms with Crippen molar-refractivity contribution in [3.05, 3.63) is 39.2 Å². The highest BCUT2D eigenvalue weighted by atomic mass is 19.1. The Labute approximate surface area is 123 Å². The summed E-state index contributed by atoms with van der Waals surface area (Å²) in [6.07, 6.45) is 4.97. The van der Waals surface area contributed by atoms with Gasteiger partial charge in [-0.3, -0.25) is 10.1 Å². The number of halogens is 1. The van der Waals surface area contributed by atoms with Gasteiger partial charge in [0.05, 0.1) is 11.5 Å². The van der Waals surface area contributed by atoms with E-state index in [4.69, 9.17) is 4.74 Å². The summed E-state index contributed by atoms with van der Waals surface area (Å²) < 4.78 is 18.8. The van der Waals surface area contributed by atoms with Crippen molar-refractivity contribution in [2.75, 3.05) is 6.61 Å². The summed E-state index contributed by atoms with van der Waals surface area (Å²) in [7, 11) is 0. The minimum absolute atomic E-state index is 0.0547. The predicted molar refractivity (Wildman–Crippen MR) is 76.8 cm³/mol. The lowest BCUT2D eigenvalue weighted by Gasteiger charge is -2.07. The highest BCUT2D eigenvalue weighted by Crippen LogP contribution is 2.21. The van der Waals surface area contributed by atoms with E-state index in [1.165, 1.54) is 6.92 Å². The first-order chi connectivity index (χ1) is 9.97. The molecule has 0 aliphatic rings. The highest BCUT2D eigenvalue weighted by Gasteiger charge is 2.20. The molecule has 1 aromatic rings. The van der Waals surface area contributed by atoms with Crippen molar-refractivity contribution in [1.29, 1.82) is 0 Å². The van der Waals surface area contributed by atoms with E-state index in [0.717, 1.165) is 37.8 Å². The number of aryl methyl sites for hydroxylation is 1. The fourth-order valence-electron chi connectivity index (χ4n) is 1.95. The first-order valence-corrected chi connectivity index (χ1v) is 7.09. The molecule has 116 valence electrons. The van der Waals surface area contributed by atoms with Crippen molar-refractivity contribution < 1.29 is 18.8 Å². The quantitative estimate of drug-likeness (QED) is 0.312. The molecule has 0 aliphatic heterocycles. The second-order valence-corrected chi connectivity index (χ2v) is 4.93. The fraction of sp³-hybridized carbons (Fsp3) is 0.533. The molecule has 0 radical (unpaired) electrons. The Morgan fingerprint density at radius 3 is 2.57 bits per heavy atom. The van der Waals surface area contributed by atoms with Gasteiger partial charge in [-0.2, -0.15) is 0 Å². The fourth-order valence-corrected chi connectivity index (χ4v) is 1.95. The van der Waals surface area contributed by atoms with Gasteiger partial charge in [0.15, 0.2) is 0 Å². The summed E-state index contributed by atoms with van der Waals surface area (Å²) in [5.74, 6) is -1.62. The van der Waals surface area contributed by atoms with E-state index < -0.39 is 16.7 Å². The largest absolute Gasteiger partial charge is 0.462 e. The van der Waals surface area contributed by atoms with Crippen molar-refractivity contribution in [3.63, 3.8) is 0 Å². The number of hydrogen-bond donors (Lipinski definition) is 0. The molecule has 0 saturated carbocycles. The molecule has 0 saturated heterocycles. The van der Waals surface area contributed by atoms with Crippen LogP contribution in [-0.2, 0) is 4.74 Å². The normalized spacial score (nSPS) is 10.4. The Balaban J connectivity index is 2.63. The third kappa shape index (κ3) is 5.13. The highest BCUT2D eigenvalue weighted by molar-refractivity contribution is 5.90. The summed E-state index contributed by atoms with van der Waals surface area (Å²) in [5, 5.41) is 10.7. The monoisotopic (exact) mass is 297 g/mol. The van der Waals surface area contributed by atoms with Gasteiger partial charge in [0.25, 0.3) is 5.69 Å². The van der Waals surface area contributed by atoms with Crippen LogP contribution in [0.4, 0.5) is 10.1 Å². The van der Waals surface area contributed by atoms with Crippen LogP contribution in [0.25, 0.3) is 0 Å². The third-order valence-corrected chi connectivity index (χ3v) is 3.15. The van der Waals surface area contributed by atoms with E-state index in [9.17, 15) is 19.3 Å². The molecule has 0 atom stereocenters. The number of nitrogens with zero attached hydrogens (tertiary/aromatic N) is 1. The number of benzene rings is 1. The molecule has 0 spiro atoms. The zero-order chi connectivity index (χ0) is 15.8. The van der Waals surface area contributed by atoms with Crippen molar-refractivity contribution in [3.8, 4) is 0 Å². The van der Waals surface area contributed by atoms with Crippen LogP contribution in [0, 0.1) is 22.9 Å². The number of non-ortho nitro benzene ring substituents is 1. The van der Waals surface area contributed by atoms with E-state index in [1.807, 2.05) is 0 Å². The Bertz CT molecular complexity index is 517. The Hall–Kier alpha value is -1.98. The van der Waals surface area contributed by atoms with Crippen LogP contribution in [-0.4, -0.2) is 17.5 Å². The van der Waals surface area contributed by atoms with Gasteiger partial charge >= 0.3 is 5.97 Å². The third-order valence-electron chi connectivity index (χ3n) is 3.15. The van der Waals surface area contributed by atoms with Crippen LogP contribution in [0.3, 0.4) is 0 Å². The van der Waals surface area contributed by atoms with Crippen LogP contribution < -0.4 is 0 Å². The lowest BCUT2D eigenvalue weighted by atomic mass is 10.1. The van der Waals surface area contributed by atoms with E-state index >= 15 is 0 Å². The lowest BCUT2D eigenvalue weighted by Crippen LogP contribution is -2.10. The SMILES string of the molecule is CCCCCCCOC(=O)c1cc([N+](=O)[O-])cc(C)c1F. The van der Waals surface area contributed by atoms with Crippen molar-refractivity contribution >= 4 is 11.7 Å². The van der Waals surface area contributed by atoms with Crippen molar-refractivity contribution in [2.45, 2.75) is 46.0 Å². The zero-order valence-electron chi connectivity index (χ0n) is 12.4. The van der Waals surface area contributed by atoms with Gasteiger partial charge in [0.1, 0.15) is 11.4 Å². The second kappa shape index (κ2) is 8.34. The maximum absolute atomic E-state index is 13.8. The maximum atomic E-state index is 13.8. The van der Waals surface area contributed by atoms with E-state index in [2.05, 4.69) is 6.92 Å². The van der Waals surface area contributed by atoms with Gasteiger partial charge < -0.3 is 4.74 Å². The number of rotatable bonds is 8. The number of hydrogen-bond acceptors (Lipinski definition) is 4. The topological polar surface area (TPSA) is 69.4 Å². The number of ether oxygens (including phenoxy) is 1. The lowest BCUT2D eigenvalue weighted by molar-refractivity contribution is -0.385. The minimum atomic E-state index is -0.852. The number of unbranched alkanes of at least 4 members (excludes halogenated alkanes) is 4. The summed E-state index contributed by atoms with van der Waals surface area (Å²) >= 11 is 0. The van der Waals surface area contributed by atoms with Crippen LogP contribution in [0.1, 0.15) is 54.9 Å². The Morgan fingerprint density at radius 1 is 1.29 bits per heavy atom. The smallest absolute Gasteiger partial charge is 0.341 e. The molecule has 0 aromatic heterocycles. The maximum Gasteiger partial charge on any atom is 0.341 e. The molecule has 1 rings (SSSR count). The number of carbonyl (C=O) groups is 1. The first-order valence-electron chi connectivity index (χ1n) is 7.09. The standard InChI is InChI=1S/C15H20FNO4/c1-3-4-5-6-7-8-21-15(18)13-10-12(17(19)20)9-11(2)14(13)16/h9-10H,3-8H2,1-2H3. The van der Waals surface area contributed by atoms with Crippen molar-refractivity contribution in [1.82, 2.24) is 0 Å². The Kier molecular flexibility index (Phi) is 6.78. The molecule has 5 nitrogen and oxygen atoms in total. The minimum Gasteiger partial charge on any atom is -0.462 e. The molecule has 0 unspecified atom stereocenters. The van der Waals surface area contributed by atoms with Gasteiger partial charge in [0.2, 0.25) is 0 Å². The van der Waals surface area contributed by atoms with Crippen molar-refractivity contribution in [2.24, 2.45) is 0 Å². The molecule has 0 amide bonds. The number of nitro benzene ring substituents is 1. The van der Waals surface area contributed by atoms with Crippen LogP contribution in [0.2, 0.25) is 0 Å². The first kappa shape index (κ1) is 17.1. The van der Waals surface area contributed by atoms with Gasteiger partial charge in [-0.05, 0) is 18.9 Å². The molecule has 1 aromatic carbocycles. The molecule has 21 heavy (non-hydrogen) atoms. The van der Waals surface area contributed by atoms with Gasteiger partial charge in [-0.1, -0.05) is 32.6 Å². The number of nitro groups is 1. The molecule has 6 heteroatoms. The van der Waals surface area contributed by atoms with E-state index in [1.54, 1.807) is 0 Å². The molecular formula is C15H20FNO4. The second-order valence-electron chi connectivity index (χ2n) is 4.93. The molecule has 0 bridgehead atoms. The summed E-state index contributed by atoms with van der Waals surface area (Å²) in [5.41, 5.74) is -0.641. The van der Waals surface area contributed by atoms with E-state index in [0.29, 0.717) is 6.42 Å². The average molecular weight is 297 g/mol. The van der Waals surface area contributed by atoms with Gasteiger partial charge in [0, 0.05) is 12.1 Å². The molecule has 0 fully saturated rings. The predicted octanol–water partition coefficient (Wildman–Crippen LogP) is 4.17. The van der Waals surface area contributed by atoms with Gasteiger partial charge in [-0.15, -0.1) is 0 Å². The van der Waals surface area contributed by atoms with Crippen LogP contribution in [0.5, 0.6) is 0 Å². The number of esters is 1.